The normalized spacial score (nSPS) is 21.1. The van der Waals surface area contributed by atoms with Gasteiger partial charge in [-0.1, -0.05) is 38.1 Å². The van der Waals surface area contributed by atoms with Crippen molar-refractivity contribution in [2.24, 2.45) is 10.6 Å². The van der Waals surface area contributed by atoms with E-state index in [0.717, 1.165) is 5.56 Å². The van der Waals surface area contributed by atoms with Crippen molar-refractivity contribution in [1.82, 2.24) is 5.32 Å². The van der Waals surface area contributed by atoms with E-state index in [1.807, 2.05) is 6.07 Å². The number of sulfonamides is 1. The number of ether oxygens (including phenoxy) is 1. The molecule has 2 aromatic rings. The van der Waals surface area contributed by atoms with Gasteiger partial charge in [0.15, 0.2) is 0 Å². The summed E-state index contributed by atoms with van der Waals surface area (Å²) in [5.41, 5.74) is 1.31. The molecule has 1 fully saturated rings. The lowest BCUT2D eigenvalue weighted by molar-refractivity contribution is 0.0943. The van der Waals surface area contributed by atoms with E-state index in [1.54, 1.807) is 30.3 Å². The van der Waals surface area contributed by atoms with Crippen LogP contribution < -0.4 is 15.2 Å². The number of rotatable bonds is 5. The van der Waals surface area contributed by atoms with Gasteiger partial charge in [-0.15, -0.1) is 0 Å². The molecule has 0 radical (unpaired) electrons. The molecular formula is C19H22N2O4S. The van der Waals surface area contributed by atoms with Crippen molar-refractivity contribution in [2.75, 3.05) is 7.11 Å². The van der Waals surface area contributed by atoms with Gasteiger partial charge in [0.1, 0.15) is 5.75 Å². The van der Waals surface area contributed by atoms with Gasteiger partial charge < -0.3 is 10.1 Å². The van der Waals surface area contributed by atoms with Crippen molar-refractivity contribution in [1.29, 1.82) is 0 Å². The number of nitrogens with two attached hydrogens (primary N) is 1. The van der Waals surface area contributed by atoms with Crippen molar-refractivity contribution in [3.63, 3.8) is 0 Å². The van der Waals surface area contributed by atoms with E-state index in [9.17, 15) is 13.2 Å². The summed E-state index contributed by atoms with van der Waals surface area (Å²) in [5, 5.41) is 8.21. The first kappa shape index (κ1) is 18.4. The van der Waals surface area contributed by atoms with Crippen LogP contribution in [0.2, 0.25) is 0 Å². The Hall–Kier alpha value is -2.38. The Morgan fingerprint density at radius 2 is 1.73 bits per heavy atom. The standard InChI is InChI=1S/C19H22N2O4S/c1-19(2)16(12-8-10-13(11-9-12)26(20,23)24)17(19)21-18(22)14-6-4-5-7-15(14)25-3/h4-11,16-17H,1-3H3,(H,21,22)(H2,20,23,24)/t16-,17-/m0/s1. The minimum absolute atomic E-state index is 0.0553. The van der Waals surface area contributed by atoms with Gasteiger partial charge in [-0.3, -0.25) is 4.79 Å². The van der Waals surface area contributed by atoms with Gasteiger partial charge in [-0.05, 0) is 35.2 Å². The predicted molar refractivity (Wildman–Crippen MR) is 98.6 cm³/mol. The monoisotopic (exact) mass is 374 g/mol. The fourth-order valence-electron chi connectivity index (χ4n) is 3.45. The molecule has 1 aliphatic carbocycles. The van der Waals surface area contributed by atoms with Crippen LogP contribution in [0.5, 0.6) is 5.75 Å². The van der Waals surface area contributed by atoms with Crippen LogP contribution in [0.3, 0.4) is 0 Å². The van der Waals surface area contributed by atoms with Gasteiger partial charge in [-0.25, -0.2) is 13.6 Å². The number of hydrogen-bond acceptors (Lipinski definition) is 4. The van der Waals surface area contributed by atoms with Crippen LogP contribution >= 0.6 is 0 Å². The highest BCUT2D eigenvalue weighted by Gasteiger charge is 2.59. The molecule has 1 amide bonds. The first-order chi connectivity index (χ1) is 12.2. The number of hydrogen-bond donors (Lipinski definition) is 2. The van der Waals surface area contributed by atoms with E-state index in [4.69, 9.17) is 9.88 Å². The van der Waals surface area contributed by atoms with Gasteiger partial charge >= 0.3 is 0 Å². The van der Waals surface area contributed by atoms with Crippen molar-refractivity contribution < 1.29 is 17.9 Å². The Morgan fingerprint density at radius 3 is 2.31 bits per heavy atom. The molecule has 1 saturated carbocycles. The zero-order valence-electron chi connectivity index (χ0n) is 14.9. The molecule has 0 bridgehead atoms. The van der Waals surface area contributed by atoms with Gasteiger partial charge in [0.25, 0.3) is 5.91 Å². The number of primary sulfonamides is 1. The summed E-state index contributed by atoms with van der Waals surface area (Å²) in [6.07, 6.45) is 0. The van der Waals surface area contributed by atoms with Crippen LogP contribution in [0.4, 0.5) is 0 Å². The lowest BCUT2D eigenvalue weighted by atomic mass is 10.0. The molecule has 138 valence electrons. The van der Waals surface area contributed by atoms with E-state index >= 15 is 0 Å². The van der Waals surface area contributed by atoms with E-state index in [0.29, 0.717) is 11.3 Å². The van der Waals surface area contributed by atoms with Crippen LogP contribution in [0, 0.1) is 5.41 Å². The molecule has 7 heteroatoms. The van der Waals surface area contributed by atoms with Crippen LogP contribution in [-0.4, -0.2) is 27.5 Å². The smallest absolute Gasteiger partial charge is 0.255 e. The summed E-state index contributed by atoms with van der Waals surface area (Å²) in [7, 11) is -2.18. The Kier molecular flexibility index (Phi) is 4.54. The summed E-state index contributed by atoms with van der Waals surface area (Å²) in [4.78, 5) is 12.7. The van der Waals surface area contributed by atoms with Crippen molar-refractivity contribution >= 4 is 15.9 Å². The maximum atomic E-state index is 12.6. The minimum Gasteiger partial charge on any atom is -0.496 e. The van der Waals surface area contributed by atoms with Gasteiger partial charge in [0.05, 0.1) is 17.6 Å². The molecule has 0 heterocycles. The highest BCUT2D eigenvalue weighted by atomic mass is 32.2. The number of carbonyl (C=O) groups is 1. The van der Waals surface area contributed by atoms with Crippen LogP contribution in [0.25, 0.3) is 0 Å². The number of amides is 1. The fourth-order valence-corrected chi connectivity index (χ4v) is 3.96. The number of nitrogens with one attached hydrogen (secondary N) is 1. The first-order valence-electron chi connectivity index (χ1n) is 8.23. The summed E-state index contributed by atoms with van der Waals surface area (Å²) in [5.74, 6) is 0.428. The van der Waals surface area contributed by atoms with Crippen LogP contribution in [-0.2, 0) is 10.0 Å². The molecule has 3 rings (SSSR count). The fraction of sp³-hybridized carbons (Fsp3) is 0.316. The van der Waals surface area contributed by atoms with Gasteiger partial charge in [-0.2, -0.15) is 0 Å². The SMILES string of the molecule is COc1ccccc1C(=O)N[C@H]1[C@H](c2ccc(S(N)(=O)=O)cc2)C1(C)C. The summed E-state index contributed by atoms with van der Waals surface area (Å²) < 4.78 is 28.0. The maximum absolute atomic E-state index is 12.6. The molecule has 2 aromatic carbocycles. The highest BCUT2D eigenvalue weighted by molar-refractivity contribution is 7.89. The van der Waals surface area contributed by atoms with Crippen LogP contribution in [0.1, 0.15) is 35.7 Å². The molecule has 6 nitrogen and oxygen atoms in total. The van der Waals surface area contributed by atoms with Gasteiger partial charge in [0.2, 0.25) is 10.0 Å². The molecule has 0 aromatic heterocycles. The van der Waals surface area contributed by atoms with Gasteiger partial charge in [0, 0.05) is 12.0 Å². The number of para-hydroxylation sites is 1. The Bertz CT molecular complexity index is 936. The summed E-state index contributed by atoms with van der Waals surface area (Å²) in [6.45, 7) is 4.14. The second kappa shape index (κ2) is 6.41. The third kappa shape index (κ3) is 3.32. The quantitative estimate of drug-likeness (QED) is 0.839. The molecular weight excluding hydrogens is 352 g/mol. The zero-order chi connectivity index (χ0) is 19.1. The third-order valence-corrected chi connectivity index (χ3v) is 5.96. The Morgan fingerprint density at radius 1 is 1.12 bits per heavy atom. The minimum atomic E-state index is -3.71. The second-order valence-corrected chi connectivity index (χ2v) is 8.63. The number of methoxy groups -OCH3 is 1. The van der Waals surface area contributed by atoms with Crippen LogP contribution in [0.15, 0.2) is 53.4 Å². The first-order valence-corrected chi connectivity index (χ1v) is 9.77. The molecule has 2 atom stereocenters. The average Bonchev–Trinajstić information content (AvgIpc) is 3.14. The maximum Gasteiger partial charge on any atom is 0.255 e. The summed E-state index contributed by atoms with van der Waals surface area (Å²) >= 11 is 0. The lowest BCUT2D eigenvalue weighted by Crippen LogP contribution is -2.29. The zero-order valence-corrected chi connectivity index (χ0v) is 15.7. The molecule has 0 unspecified atom stereocenters. The van der Waals surface area contributed by atoms with E-state index in [1.165, 1.54) is 19.2 Å². The number of carbonyl (C=O) groups excluding carboxylic acids is 1. The molecule has 26 heavy (non-hydrogen) atoms. The van der Waals surface area contributed by atoms with E-state index in [-0.39, 0.29) is 28.2 Å². The molecule has 0 spiro atoms. The Balaban J connectivity index is 1.79. The number of benzene rings is 2. The van der Waals surface area contributed by atoms with Crippen molar-refractivity contribution in [3.05, 3.63) is 59.7 Å². The molecule has 0 saturated heterocycles. The topological polar surface area (TPSA) is 98.5 Å². The van der Waals surface area contributed by atoms with E-state index < -0.39 is 10.0 Å². The van der Waals surface area contributed by atoms with Crippen molar-refractivity contribution in [2.45, 2.75) is 30.7 Å². The second-order valence-electron chi connectivity index (χ2n) is 7.06. The molecule has 0 aliphatic heterocycles. The average molecular weight is 374 g/mol. The third-order valence-electron chi connectivity index (χ3n) is 5.03. The highest BCUT2D eigenvalue weighted by Crippen LogP contribution is 2.58. The van der Waals surface area contributed by atoms with E-state index in [2.05, 4.69) is 19.2 Å². The lowest BCUT2D eigenvalue weighted by Gasteiger charge is -2.10. The molecule has 1 aliphatic rings. The summed E-state index contributed by atoms with van der Waals surface area (Å²) in [6, 6.07) is 13.5. The Labute approximate surface area is 153 Å². The largest absolute Gasteiger partial charge is 0.496 e. The predicted octanol–water partition coefficient (Wildman–Crippen LogP) is 2.26. The van der Waals surface area contributed by atoms with Crippen molar-refractivity contribution in [3.8, 4) is 5.75 Å². The molecule has 3 N–H and O–H groups in total.